The summed E-state index contributed by atoms with van der Waals surface area (Å²) in [4.78, 5) is 38.7. The number of aromatic nitrogens is 2. The topological polar surface area (TPSA) is 109 Å². The second-order valence-electron chi connectivity index (χ2n) is 17.3. The second kappa shape index (κ2) is 19.0. The van der Waals surface area contributed by atoms with Crippen LogP contribution in [0.5, 0.6) is 11.5 Å². The van der Waals surface area contributed by atoms with Crippen molar-refractivity contribution in [3.63, 3.8) is 0 Å². The molecule has 2 unspecified atom stereocenters. The van der Waals surface area contributed by atoms with Gasteiger partial charge in [0.25, 0.3) is 0 Å². The van der Waals surface area contributed by atoms with Gasteiger partial charge in [-0.05, 0) is 133 Å². The highest BCUT2D eigenvalue weighted by Crippen LogP contribution is 2.33. The molecule has 2 aromatic heterocycles. The number of hydrogen-bond acceptors (Lipinski definition) is 8. The van der Waals surface area contributed by atoms with E-state index in [1.54, 1.807) is 0 Å². The number of ether oxygens (including phenoxy) is 4. The molecule has 2 saturated heterocycles. The molecule has 10 heteroatoms. The molecule has 8 aromatic rings. The quantitative estimate of drug-likeness (QED) is 0.0632. The van der Waals surface area contributed by atoms with E-state index in [9.17, 15) is 9.59 Å². The number of hydrogen-bond donors (Lipinski definition) is 2. The van der Waals surface area contributed by atoms with Gasteiger partial charge in [0.05, 0.1) is 0 Å². The highest BCUT2D eigenvalue weighted by atomic mass is 16.7. The van der Waals surface area contributed by atoms with Gasteiger partial charge in [-0.15, -0.1) is 0 Å². The number of rotatable bonds is 14. The zero-order valence-electron chi connectivity index (χ0n) is 36.0. The molecule has 10 rings (SSSR count). The normalized spacial score (nSPS) is 16.6. The Bertz CT molecular complexity index is 2670. The van der Waals surface area contributed by atoms with E-state index in [1.807, 2.05) is 60.9 Å². The number of piperidine rings is 2. The van der Waals surface area contributed by atoms with Crippen LogP contribution in [0, 0.1) is 0 Å². The van der Waals surface area contributed by atoms with Crippen molar-refractivity contribution in [2.24, 2.45) is 0 Å². The summed E-state index contributed by atoms with van der Waals surface area (Å²) >= 11 is 0. The number of fused-ring (bicyclic) bond motifs is 4. The van der Waals surface area contributed by atoms with Gasteiger partial charge in [0.15, 0.2) is 0 Å². The summed E-state index contributed by atoms with van der Waals surface area (Å²) in [5, 5.41) is 6.76. The number of likely N-dealkylation sites (tertiary alicyclic amines) is 2. The summed E-state index contributed by atoms with van der Waals surface area (Å²) in [6.07, 6.45) is 6.46. The van der Waals surface area contributed by atoms with Gasteiger partial charge in [-0.25, -0.2) is 9.59 Å². The van der Waals surface area contributed by atoms with E-state index >= 15 is 0 Å². The van der Waals surface area contributed by atoms with Crippen LogP contribution in [0.15, 0.2) is 146 Å². The van der Waals surface area contributed by atoms with Crippen molar-refractivity contribution in [3.8, 4) is 11.5 Å². The highest BCUT2D eigenvalue weighted by molar-refractivity contribution is 6.29. The van der Waals surface area contributed by atoms with E-state index in [2.05, 4.69) is 105 Å². The average Bonchev–Trinajstić information content (AvgIpc) is 4.04. The van der Waals surface area contributed by atoms with Crippen LogP contribution in [0.1, 0.15) is 61.5 Å². The number of nitrogens with one attached hydrogen (secondary N) is 2. The summed E-state index contributed by atoms with van der Waals surface area (Å²) in [6.45, 7) is 4.88. The summed E-state index contributed by atoms with van der Waals surface area (Å²) < 4.78 is 24.6. The predicted molar refractivity (Wildman–Crippen MR) is 252 cm³/mol. The summed E-state index contributed by atoms with van der Waals surface area (Å²) in [5.74, 6) is -0.159. The molecule has 64 heavy (non-hydrogen) atoms. The molecule has 0 bridgehead atoms. The minimum Gasteiger partial charge on any atom is -0.454 e. The lowest BCUT2D eigenvalue weighted by Gasteiger charge is -2.33. The first kappa shape index (κ1) is 41.4. The summed E-state index contributed by atoms with van der Waals surface area (Å²) in [6, 6.07) is 45.8. The number of carbonyl (C=O) groups excluding carboxylic acids is 2. The molecule has 2 aliphatic rings. The summed E-state index contributed by atoms with van der Waals surface area (Å²) in [5.41, 5.74) is 4.54. The van der Waals surface area contributed by atoms with E-state index in [0.717, 1.165) is 73.7 Å². The lowest BCUT2D eigenvalue weighted by atomic mass is 9.88. The van der Waals surface area contributed by atoms with E-state index in [1.165, 1.54) is 32.7 Å². The fourth-order valence-electron chi connectivity index (χ4n) is 9.70. The molecule has 0 spiro atoms. The van der Waals surface area contributed by atoms with Gasteiger partial charge in [0.1, 0.15) is 11.5 Å². The Kier molecular flexibility index (Phi) is 12.3. The molecule has 0 aliphatic carbocycles. The van der Waals surface area contributed by atoms with Crippen LogP contribution in [-0.4, -0.2) is 83.6 Å². The molecule has 2 atom stereocenters. The maximum Gasteiger partial charge on any atom is 0.420 e. The van der Waals surface area contributed by atoms with Crippen LogP contribution >= 0.6 is 0 Å². The molecule has 326 valence electrons. The van der Waals surface area contributed by atoms with Crippen molar-refractivity contribution >= 4 is 55.3 Å². The summed E-state index contributed by atoms with van der Waals surface area (Å²) in [7, 11) is 0. The molecule has 2 fully saturated rings. The Balaban J connectivity index is 0.791. The van der Waals surface area contributed by atoms with Crippen molar-refractivity contribution in [1.82, 2.24) is 19.8 Å². The Morgan fingerprint density at radius 2 is 0.922 bits per heavy atom. The molecule has 2 N–H and O–H groups in total. The van der Waals surface area contributed by atoms with Crippen molar-refractivity contribution in [1.29, 1.82) is 0 Å². The standard InChI is InChI=1S/C54H54N4O6/c59-53(63-51(61-49-13-5-11-47-45(49)19-27-55-47)25-33-57-29-21-39(22-30-57)43-17-15-37-7-1-3-9-41(37)35-43)54(60)64-52(62-50-14-6-12-48-46(50)20-28-56-48)26-34-58-31-23-40(24-32-58)44-18-16-38-8-2-4-10-42(38)36-44/h1-20,27-28,35-36,39-40,51-52,55-56H,21-26,29-34H2. The van der Waals surface area contributed by atoms with Gasteiger partial charge < -0.3 is 38.7 Å². The predicted octanol–water partition coefficient (Wildman–Crippen LogP) is 10.7. The van der Waals surface area contributed by atoms with Crippen LogP contribution in [0.25, 0.3) is 43.4 Å². The molecule has 4 heterocycles. The third kappa shape index (κ3) is 9.49. The van der Waals surface area contributed by atoms with Crippen LogP contribution in [0.3, 0.4) is 0 Å². The Morgan fingerprint density at radius 3 is 1.36 bits per heavy atom. The SMILES string of the molecule is O=C(OC(CCN1CCC(c2ccc3ccccc3c2)CC1)Oc1cccc2[nH]ccc12)C(=O)OC(CCN1CCC(c2ccc3ccccc3c2)CC1)Oc1cccc2[nH]ccc12. The first-order valence-corrected chi connectivity index (χ1v) is 22.8. The molecule has 0 amide bonds. The third-order valence-corrected chi connectivity index (χ3v) is 13.3. The van der Waals surface area contributed by atoms with Gasteiger partial charge in [-0.1, -0.05) is 97.1 Å². The van der Waals surface area contributed by atoms with Gasteiger partial charge in [-0.3, -0.25) is 0 Å². The maximum atomic E-state index is 13.8. The zero-order chi connectivity index (χ0) is 43.2. The van der Waals surface area contributed by atoms with E-state index in [4.69, 9.17) is 18.9 Å². The lowest BCUT2D eigenvalue weighted by Crippen LogP contribution is -2.39. The molecule has 6 aromatic carbocycles. The smallest absolute Gasteiger partial charge is 0.420 e. The van der Waals surface area contributed by atoms with Gasteiger partial charge in [0.2, 0.25) is 12.6 Å². The second-order valence-corrected chi connectivity index (χ2v) is 17.3. The number of nitrogens with zero attached hydrogens (tertiary/aromatic N) is 2. The van der Waals surface area contributed by atoms with Crippen molar-refractivity contribution in [2.45, 2.75) is 62.9 Å². The first-order chi connectivity index (χ1) is 31.5. The number of aromatic amines is 2. The first-order valence-electron chi connectivity index (χ1n) is 22.8. The Morgan fingerprint density at radius 1 is 0.500 bits per heavy atom. The van der Waals surface area contributed by atoms with Gasteiger partial charge in [0, 0.05) is 60.1 Å². The van der Waals surface area contributed by atoms with Crippen LogP contribution in [0.2, 0.25) is 0 Å². The molecule has 0 radical (unpaired) electrons. The minimum absolute atomic E-state index is 0.366. The van der Waals surface area contributed by atoms with E-state index in [-0.39, 0.29) is 0 Å². The maximum absolute atomic E-state index is 13.8. The Hall–Kier alpha value is -6.62. The zero-order valence-corrected chi connectivity index (χ0v) is 36.0. The van der Waals surface area contributed by atoms with E-state index in [0.29, 0.717) is 49.3 Å². The van der Waals surface area contributed by atoms with Crippen molar-refractivity contribution < 1.29 is 28.5 Å². The number of carbonyl (C=O) groups is 2. The van der Waals surface area contributed by atoms with Crippen molar-refractivity contribution in [2.75, 3.05) is 39.3 Å². The van der Waals surface area contributed by atoms with E-state index < -0.39 is 24.5 Å². The highest BCUT2D eigenvalue weighted by Gasteiger charge is 2.30. The molecular weight excluding hydrogens is 801 g/mol. The Labute approximate surface area is 373 Å². The monoisotopic (exact) mass is 854 g/mol. The lowest BCUT2D eigenvalue weighted by molar-refractivity contribution is -0.191. The molecule has 2 aliphatic heterocycles. The largest absolute Gasteiger partial charge is 0.454 e. The minimum atomic E-state index is -1.12. The molecule has 0 saturated carbocycles. The van der Waals surface area contributed by atoms with Crippen LogP contribution < -0.4 is 9.47 Å². The van der Waals surface area contributed by atoms with Gasteiger partial charge in [-0.2, -0.15) is 0 Å². The fourth-order valence-corrected chi connectivity index (χ4v) is 9.70. The number of benzene rings is 6. The van der Waals surface area contributed by atoms with Crippen molar-refractivity contribution in [3.05, 3.63) is 157 Å². The molecular formula is C54H54N4O6. The van der Waals surface area contributed by atoms with Crippen LogP contribution in [0.4, 0.5) is 0 Å². The third-order valence-electron chi connectivity index (χ3n) is 13.3. The number of esters is 2. The average molecular weight is 855 g/mol. The number of H-pyrrole nitrogens is 2. The van der Waals surface area contributed by atoms with Crippen LogP contribution in [-0.2, 0) is 19.1 Å². The van der Waals surface area contributed by atoms with Gasteiger partial charge >= 0.3 is 11.9 Å². The fraction of sp³-hybridized carbons (Fsp3) is 0.296. The molecule has 10 nitrogen and oxygen atoms in total.